The number of halogens is 2. The molecular weight excluding hydrogens is 267 g/mol. The van der Waals surface area contributed by atoms with Gasteiger partial charge in [-0.15, -0.1) is 0 Å². The van der Waals surface area contributed by atoms with Crippen molar-refractivity contribution < 1.29 is 0 Å². The summed E-state index contributed by atoms with van der Waals surface area (Å²) in [4.78, 5) is 8.14. The number of nitrogens with zero attached hydrogens (tertiary/aromatic N) is 4. The Kier molecular flexibility index (Phi) is 2.52. The highest BCUT2D eigenvalue weighted by molar-refractivity contribution is 9.10. The van der Waals surface area contributed by atoms with Crippen LogP contribution in [0.25, 0.3) is 5.95 Å². The van der Waals surface area contributed by atoms with E-state index in [1.54, 1.807) is 17.1 Å². The van der Waals surface area contributed by atoms with E-state index in [-0.39, 0.29) is 0 Å². The molecule has 0 unspecified atom stereocenters. The van der Waals surface area contributed by atoms with E-state index in [2.05, 4.69) is 31.0 Å². The summed E-state index contributed by atoms with van der Waals surface area (Å²) in [6.45, 7) is 1.90. The molecule has 14 heavy (non-hydrogen) atoms. The predicted octanol–water partition coefficient (Wildman–Crippen LogP) is 2.39. The van der Waals surface area contributed by atoms with E-state index >= 15 is 0 Å². The maximum absolute atomic E-state index is 5.83. The van der Waals surface area contributed by atoms with E-state index < -0.39 is 0 Å². The van der Waals surface area contributed by atoms with Gasteiger partial charge >= 0.3 is 0 Å². The summed E-state index contributed by atoms with van der Waals surface area (Å²) in [5.74, 6) is 0.464. The van der Waals surface area contributed by atoms with E-state index in [0.717, 1.165) is 5.69 Å². The zero-order valence-electron chi connectivity index (χ0n) is 7.28. The fourth-order valence-corrected chi connectivity index (χ4v) is 1.29. The van der Waals surface area contributed by atoms with Crippen LogP contribution in [0, 0.1) is 6.92 Å². The van der Waals surface area contributed by atoms with Gasteiger partial charge in [0.05, 0.1) is 10.2 Å². The number of aromatic nitrogens is 4. The topological polar surface area (TPSA) is 43.6 Å². The Labute approximate surface area is 94.1 Å². The van der Waals surface area contributed by atoms with E-state index in [9.17, 15) is 0 Å². The monoisotopic (exact) mass is 272 g/mol. The highest BCUT2D eigenvalue weighted by Gasteiger charge is 2.04. The molecule has 0 radical (unpaired) electrons. The summed E-state index contributed by atoms with van der Waals surface area (Å²) in [6.07, 6.45) is 3.39. The minimum absolute atomic E-state index is 0.378. The zero-order chi connectivity index (χ0) is 10.1. The third kappa shape index (κ3) is 1.78. The molecule has 0 fully saturated rings. The van der Waals surface area contributed by atoms with Crippen molar-refractivity contribution in [2.75, 3.05) is 0 Å². The van der Waals surface area contributed by atoms with Gasteiger partial charge in [0.2, 0.25) is 0 Å². The minimum atomic E-state index is 0.378. The molecule has 2 rings (SSSR count). The van der Waals surface area contributed by atoms with Gasteiger partial charge in [-0.05, 0) is 28.9 Å². The highest BCUT2D eigenvalue weighted by atomic mass is 79.9. The molecule has 0 aromatic carbocycles. The quantitative estimate of drug-likeness (QED) is 0.749. The molecule has 0 bridgehead atoms. The predicted molar refractivity (Wildman–Crippen MR) is 56.6 cm³/mol. The van der Waals surface area contributed by atoms with Gasteiger partial charge in [-0.25, -0.2) is 9.67 Å². The molecule has 0 aliphatic carbocycles. The Hall–Kier alpha value is -0.940. The molecule has 0 N–H and O–H groups in total. The summed E-state index contributed by atoms with van der Waals surface area (Å²) < 4.78 is 2.25. The third-order valence-electron chi connectivity index (χ3n) is 1.62. The lowest BCUT2D eigenvalue weighted by Gasteiger charge is -1.99. The molecular formula is C8H6BrClN4. The second kappa shape index (κ2) is 3.67. The largest absolute Gasteiger partial charge is 0.251 e. The first kappa shape index (κ1) is 9.61. The summed E-state index contributed by atoms with van der Waals surface area (Å²) >= 11 is 9.05. The first-order chi connectivity index (χ1) is 6.66. The lowest BCUT2D eigenvalue weighted by Crippen LogP contribution is -2.01. The molecule has 6 heteroatoms. The Morgan fingerprint density at radius 1 is 1.50 bits per heavy atom. The van der Waals surface area contributed by atoms with E-state index in [4.69, 9.17) is 11.6 Å². The van der Waals surface area contributed by atoms with Crippen LogP contribution in [0.1, 0.15) is 5.69 Å². The van der Waals surface area contributed by atoms with Crippen LogP contribution in [-0.4, -0.2) is 19.7 Å². The molecule has 0 spiro atoms. The lowest BCUT2D eigenvalue weighted by molar-refractivity contribution is 0.795. The average molecular weight is 274 g/mol. The standard InChI is InChI=1S/C8H6BrClN4/c1-5-2-3-14(13-5)8-11-4-6(9)7(10)12-8/h2-4H,1H3. The molecule has 0 atom stereocenters. The maximum Gasteiger partial charge on any atom is 0.251 e. The van der Waals surface area contributed by atoms with Crippen LogP contribution in [-0.2, 0) is 0 Å². The summed E-state index contributed by atoms with van der Waals surface area (Å²) in [5.41, 5.74) is 0.910. The van der Waals surface area contributed by atoms with E-state index in [1.165, 1.54) is 0 Å². The molecule has 0 amide bonds. The van der Waals surface area contributed by atoms with Crippen LogP contribution in [0.4, 0.5) is 0 Å². The Morgan fingerprint density at radius 3 is 2.86 bits per heavy atom. The smallest absolute Gasteiger partial charge is 0.218 e. The van der Waals surface area contributed by atoms with E-state index in [1.807, 2.05) is 13.0 Å². The van der Waals surface area contributed by atoms with Gasteiger partial charge in [0.15, 0.2) is 0 Å². The van der Waals surface area contributed by atoms with Gasteiger partial charge in [0.1, 0.15) is 5.15 Å². The Bertz CT molecular complexity index is 468. The highest BCUT2D eigenvalue weighted by Crippen LogP contribution is 2.19. The number of hydrogen-bond donors (Lipinski definition) is 0. The molecule has 0 saturated heterocycles. The van der Waals surface area contributed by atoms with Gasteiger partial charge in [-0.1, -0.05) is 11.6 Å². The van der Waals surface area contributed by atoms with Crippen LogP contribution in [0.5, 0.6) is 0 Å². The minimum Gasteiger partial charge on any atom is -0.218 e. The van der Waals surface area contributed by atoms with Crippen LogP contribution < -0.4 is 0 Å². The molecule has 2 heterocycles. The fourth-order valence-electron chi connectivity index (χ4n) is 0.975. The average Bonchev–Trinajstić information content (AvgIpc) is 2.57. The van der Waals surface area contributed by atoms with Crippen molar-refractivity contribution in [2.45, 2.75) is 6.92 Å². The van der Waals surface area contributed by atoms with Crippen molar-refractivity contribution in [3.05, 3.63) is 33.8 Å². The van der Waals surface area contributed by atoms with Crippen molar-refractivity contribution in [1.82, 2.24) is 19.7 Å². The molecule has 0 aliphatic rings. The molecule has 72 valence electrons. The van der Waals surface area contributed by atoms with Crippen molar-refractivity contribution in [2.24, 2.45) is 0 Å². The van der Waals surface area contributed by atoms with Gasteiger partial charge in [-0.3, -0.25) is 0 Å². The maximum atomic E-state index is 5.83. The lowest BCUT2D eigenvalue weighted by atomic mass is 10.5. The van der Waals surface area contributed by atoms with Gasteiger partial charge < -0.3 is 0 Å². The first-order valence-corrected chi connectivity index (χ1v) is 5.04. The van der Waals surface area contributed by atoms with E-state index in [0.29, 0.717) is 15.6 Å². The normalized spacial score (nSPS) is 10.5. The second-order valence-electron chi connectivity index (χ2n) is 2.71. The fraction of sp³-hybridized carbons (Fsp3) is 0.125. The second-order valence-corrected chi connectivity index (χ2v) is 3.92. The van der Waals surface area contributed by atoms with Crippen molar-refractivity contribution in [3.8, 4) is 5.95 Å². The molecule has 0 saturated carbocycles. The van der Waals surface area contributed by atoms with Crippen LogP contribution in [0.3, 0.4) is 0 Å². The first-order valence-electron chi connectivity index (χ1n) is 3.87. The third-order valence-corrected chi connectivity index (χ3v) is 2.71. The van der Waals surface area contributed by atoms with Crippen LogP contribution in [0.15, 0.2) is 22.9 Å². The summed E-state index contributed by atoms with van der Waals surface area (Å²) in [5, 5.41) is 4.55. The van der Waals surface area contributed by atoms with Crippen molar-refractivity contribution in [3.63, 3.8) is 0 Å². The van der Waals surface area contributed by atoms with Gasteiger partial charge in [0.25, 0.3) is 5.95 Å². The van der Waals surface area contributed by atoms with Crippen LogP contribution >= 0.6 is 27.5 Å². The number of rotatable bonds is 1. The summed E-state index contributed by atoms with van der Waals surface area (Å²) in [6, 6.07) is 1.87. The summed E-state index contributed by atoms with van der Waals surface area (Å²) in [7, 11) is 0. The zero-order valence-corrected chi connectivity index (χ0v) is 9.62. The Balaban J connectivity index is 2.47. The van der Waals surface area contributed by atoms with Crippen LogP contribution in [0.2, 0.25) is 5.15 Å². The van der Waals surface area contributed by atoms with Crippen molar-refractivity contribution >= 4 is 27.5 Å². The number of aryl methyl sites for hydroxylation is 1. The SMILES string of the molecule is Cc1ccn(-c2ncc(Br)c(Cl)n2)n1. The van der Waals surface area contributed by atoms with Gasteiger partial charge in [-0.2, -0.15) is 10.1 Å². The molecule has 4 nitrogen and oxygen atoms in total. The molecule has 2 aromatic rings. The van der Waals surface area contributed by atoms with Crippen molar-refractivity contribution in [1.29, 1.82) is 0 Å². The molecule has 2 aromatic heterocycles. The number of hydrogen-bond acceptors (Lipinski definition) is 3. The molecule has 0 aliphatic heterocycles. The van der Waals surface area contributed by atoms with Gasteiger partial charge in [0, 0.05) is 12.4 Å². The Morgan fingerprint density at radius 2 is 2.29 bits per heavy atom.